The van der Waals surface area contributed by atoms with Gasteiger partial charge in [0.15, 0.2) is 0 Å². The lowest BCUT2D eigenvalue weighted by Crippen LogP contribution is -2.23. The van der Waals surface area contributed by atoms with Crippen molar-refractivity contribution < 1.29 is 9.59 Å². The molecule has 0 radical (unpaired) electrons. The molecule has 0 unspecified atom stereocenters. The molecule has 0 heterocycles. The van der Waals surface area contributed by atoms with Crippen molar-refractivity contribution in [3.8, 4) is 0 Å². The maximum absolute atomic E-state index is 12.4. The van der Waals surface area contributed by atoms with E-state index in [4.69, 9.17) is 5.73 Å². The number of nitrogens with two attached hydrogens (primary N) is 1. The van der Waals surface area contributed by atoms with Crippen molar-refractivity contribution in [2.24, 2.45) is 5.73 Å². The van der Waals surface area contributed by atoms with Crippen molar-refractivity contribution in [3.05, 3.63) is 59.2 Å². The first-order valence-electron chi connectivity index (χ1n) is 6.99. The summed E-state index contributed by atoms with van der Waals surface area (Å²) in [6.45, 7) is 3.67. The van der Waals surface area contributed by atoms with E-state index in [-0.39, 0.29) is 18.4 Å². The molecule has 114 valence electrons. The van der Waals surface area contributed by atoms with Crippen LogP contribution in [0.5, 0.6) is 0 Å². The lowest BCUT2D eigenvalue weighted by molar-refractivity contribution is -0.114. The van der Waals surface area contributed by atoms with Crippen molar-refractivity contribution in [2.45, 2.75) is 13.8 Å². The third-order valence-corrected chi connectivity index (χ3v) is 3.27. The first kappa shape index (κ1) is 15.7. The van der Waals surface area contributed by atoms with Crippen LogP contribution >= 0.6 is 0 Å². The van der Waals surface area contributed by atoms with Gasteiger partial charge in [-0.3, -0.25) is 9.59 Å². The average Bonchev–Trinajstić information content (AvgIpc) is 2.50. The van der Waals surface area contributed by atoms with Crippen LogP contribution in [0.1, 0.15) is 21.5 Å². The van der Waals surface area contributed by atoms with E-state index in [9.17, 15) is 9.59 Å². The van der Waals surface area contributed by atoms with E-state index in [0.717, 1.165) is 11.1 Å². The second-order valence-corrected chi connectivity index (χ2v) is 5.07. The molecule has 22 heavy (non-hydrogen) atoms. The Balaban J connectivity index is 2.27. The summed E-state index contributed by atoms with van der Waals surface area (Å²) >= 11 is 0. The highest BCUT2D eigenvalue weighted by atomic mass is 16.2. The third kappa shape index (κ3) is 3.71. The average molecular weight is 297 g/mol. The quantitative estimate of drug-likeness (QED) is 0.810. The van der Waals surface area contributed by atoms with E-state index in [1.807, 2.05) is 38.1 Å². The summed E-state index contributed by atoms with van der Waals surface area (Å²) in [5, 5.41) is 5.52. The zero-order chi connectivity index (χ0) is 16.1. The van der Waals surface area contributed by atoms with E-state index in [1.54, 1.807) is 18.2 Å². The number of hydrogen-bond donors (Lipinski definition) is 3. The van der Waals surface area contributed by atoms with Gasteiger partial charge >= 0.3 is 0 Å². The van der Waals surface area contributed by atoms with Crippen LogP contribution in [-0.2, 0) is 4.79 Å². The lowest BCUT2D eigenvalue weighted by Gasteiger charge is -2.13. The van der Waals surface area contributed by atoms with Gasteiger partial charge in [-0.15, -0.1) is 0 Å². The fourth-order valence-corrected chi connectivity index (χ4v) is 2.09. The molecule has 0 fully saturated rings. The Bertz CT molecular complexity index is 711. The fourth-order valence-electron chi connectivity index (χ4n) is 2.09. The predicted molar refractivity (Wildman–Crippen MR) is 88.0 cm³/mol. The Labute approximate surface area is 129 Å². The van der Waals surface area contributed by atoms with E-state index in [2.05, 4.69) is 10.6 Å². The Morgan fingerprint density at radius 2 is 1.73 bits per heavy atom. The number of hydrogen-bond acceptors (Lipinski definition) is 3. The van der Waals surface area contributed by atoms with Gasteiger partial charge in [0.2, 0.25) is 5.91 Å². The number of nitrogens with one attached hydrogen (secondary N) is 2. The molecule has 5 nitrogen and oxygen atoms in total. The molecular formula is C17H19N3O2. The summed E-state index contributed by atoms with van der Waals surface area (Å²) in [4.78, 5) is 23.9. The zero-order valence-corrected chi connectivity index (χ0v) is 12.6. The van der Waals surface area contributed by atoms with Gasteiger partial charge in [-0.05, 0) is 43.2 Å². The molecule has 0 aliphatic heterocycles. The van der Waals surface area contributed by atoms with E-state index >= 15 is 0 Å². The second kappa shape index (κ2) is 6.87. The molecular weight excluding hydrogens is 278 g/mol. The number of anilines is 2. The van der Waals surface area contributed by atoms with Gasteiger partial charge in [-0.1, -0.05) is 24.3 Å². The highest BCUT2D eigenvalue weighted by molar-refractivity contribution is 6.08. The summed E-state index contributed by atoms with van der Waals surface area (Å²) in [6.07, 6.45) is 0. The number of carbonyl (C=O) groups is 2. The molecule has 0 saturated carbocycles. The number of benzene rings is 2. The monoisotopic (exact) mass is 297 g/mol. The van der Waals surface area contributed by atoms with Crippen LogP contribution in [0.4, 0.5) is 11.4 Å². The maximum Gasteiger partial charge on any atom is 0.255 e. The Morgan fingerprint density at radius 1 is 1.00 bits per heavy atom. The van der Waals surface area contributed by atoms with Gasteiger partial charge in [0.05, 0.1) is 17.9 Å². The Morgan fingerprint density at radius 3 is 2.41 bits per heavy atom. The minimum absolute atomic E-state index is 0.112. The van der Waals surface area contributed by atoms with Crippen molar-refractivity contribution in [1.29, 1.82) is 0 Å². The third-order valence-electron chi connectivity index (χ3n) is 3.27. The van der Waals surface area contributed by atoms with E-state index in [1.165, 1.54) is 0 Å². The topological polar surface area (TPSA) is 84.2 Å². The van der Waals surface area contributed by atoms with Crippen LogP contribution in [0.25, 0.3) is 0 Å². The van der Waals surface area contributed by atoms with Crippen molar-refractivity contribution in [1.82, 2.24) is 0 Å². The number of carbonyl (C=O) groups excluding carboxylic acids is 2. The molecule has 2 aromatic rings. The Kier molecular flexibility index (Phi) is 4.91. The van der Waals surface area contributed by atoms with Crippen LogP contribution in [0.2, 0.25) is 0 Å². The largest absolute Gasteiger partial charge is 0.323 e. The zero-order valence-electron chi connectivity index (χ0n) is 12.6. The molecule has 2 amide bonds. The van der Waals surface area contributed by atoms with Crippen LogP contribution in [0, 0.1) is 13.8 Å². The van der Waals surface area contributed by atoms with E-state index in [0.29, 0.717) is 16.9 Å². The maximum atomic E-state index is 12.4. The van der Waals surface area contributed by atoms with Gasteiger partial charge in [0, 0.05) is 5.56 Å². The van der Waals surface area contributed by atoms with Crippen LogP contribution in [0.15, 0.2) is 42.5 Å². The van der Waals surface area contributed by atoms with Gasteiger partial charge in [0.1, 0.15) is 0 Å². The Hall–Kier alpha value is -2.66. The summed E-state index contributed by atoms with van der Waals surface area (Å²) in [5.74, 6) is -0.526. The summed E-state index contributed by atoms with van der Waals surface area (Å²) in [6, 6.07) is 12.8. The summed E-state index contributed by atoms with van der Waals surface area (Å²) < 4.78 is 0. The van der Waals surface area contributed by atoms with E-state index < -0.39 is 0 Å². The van der Waals surface area contributed by atoms with Gasteiger partial charge in [0.25, 0.3) is 5.91 Å². The van der Waals surface area contributed by atoms with Crippen molar-refractivity contribution in [2.75, 3.05) is 17.2 Å². The lowest BCUT2D eigenvalue weighted by atomic mass is 10.1. The normalized spacial score (nSPS) is 10.1. The molecule has 0 saturated heterocycles. The fraction of sp³-hybridized carbons (Fsp3) is 0.176. The first-order valence-corrected chi connectivity index (χ1v) is 6.99. The number of rotatable bonds is 4. The summed E-state index contributed by atoms with van der Waals surface area (Å²) in [5.41, 5.74) is 8.86. The standard InChI is InChI=1S/C17H19N3O2/c1-11-7-8-14(15(9-11)19-16(21)10-18)20-17(22)13-6-4-3-5-12(13)2/h3-9H,10,18H2,1-2H3,(H,19,21)(H,20,22). The molecule has 0 bridgehead atoms. The molecule has 0 aliphatic carbocycles. The van der Waals surface area contributed by atoms with Gasteiger partial charge in [-0.2, -0.15) is 0 Å². The van der Waals surface area contributed by atoms with Gasteiger partial charge < -0.3 is 16.4 Å². The SMILES string of the molecule is Cc1ccc(NC(=O)c2ccccc2C)c(NC(=O)CN)c1. The van der Waals surface area contributed by atoms with Crippen LogP contribution < -0.4 is 16.4 Å². The van der Waals surface area contributed by atoms with Crippen LogP contribution in [0.3, 0.4) is 0 Å². The first-order chi connectivity index (χ1) is 10.5. The minimum Gasteiger partial charge on any atom is -0.323 e. The second-order valence-electron chi connectivity index (χ2n) is 5.07. The van der Waals surface area contributed by atoms with Crippen molar-refractivity contribution in [3.63, 3.8) is 0 Å². The molecule has 0 aliphatic rings. The predicted octanol–water partition coefficient (Wildman–Crippen LogP) is 2.45. The highest BCUT2D eigenvalue weighted by Crippen LogP contribution is 2.24. The number of amides is 2. The molecule has 4 N–H and O–H groups in total. The molecule has 2 aromatic carbocycles. The van der Waals surface area contributed by atoms with Crippen LogP contribution in [-0.4, -0.2) is 18.4 Å². The molecule has 2 rings (SSSR count). The molecule has 0 spiro atoms. The van der Waals surface area contributed by atoms with Crippen molar-refractivity contribution >= 4 is 23.2 Å². The van der Waals surface area contributed by atoms with Gasteiger partial charge in [-0.25, -0.2) is 0 Å². The molecule has 5 heteroatoms. The molecule has 0 atom stereocenters. The molecule has 0 aromatic heterocycles. The number of aryl methyl sites for hydroxylation is 2. The smallest absolute Gasteiger partial charge is 0.255 e. The highest BCUT2D eigenvalue weighted by Gasteiger charge is 2.12. The minimum atomic E-state index is -0.308. The summed E-state index contributed by atoms with van der Waals surface area (Å²) in [7, 11) is 0.